The van der Waals surface area contributed by atoms with Crippen LogP contribution in [-0.2, 0) is 16.4 Å². The lowest BCUT2D eigenvalue weighted by molar-refractivity contribution is -0.137. The first-order valence-corrected chi connectivity index (χ1v) is 12.7. The fraction of sp³-hybridized carbons (Fsp3) is 0.500. The fourth-order valence-corrected chi connectivity index (χ4v) is 5.51. The van der Waals surface area contributed by atoms with Crippen molar-refractivity contribution in [3.63, 3.8) is 0 Å². The molecule has 194 valence electrons. The summed E-state index contributed by atoms with van der Waals surface area (Å²) in [5.41, 5.74) is 0.154. The minimum atomic E-state index is -4.49. The van der Waals surface area contributed by atoms with E-state index in [1.807, 2.05) is 30.3 Å². The fourth-order valence-electron chi connectivity index (χ4n) is 5.51. The van der Waals surface area contributed by atoms with Crippen LogP contribution in [-0.4, -0.2) is 37.5 Å². The summed E-state index contributed by atoms with van der Waals surface area (Å²) in [6.45, 7) is 3.57. The van der Waals surface area contributed by atoms with Crippen LogP contribution in [0.5, 0.6) is 0 Å². The number of hydrogen-bond donors (Lipinski definition) is 3. The molecular weight excluding hydrogens is 467 g/mol. The zero-order valence-electron chi connectivity index (χ0n) is 20.6. The average Bonchev–Trinajstić information content (AvgIpc) is 2.88. The van der Waals surface area contributed by atoms with Gasteiger partial charge in [-0.2, -0.15) is 13.2 Å². The van der Waals surface area contributed by atoms with Gasteiger partial charge in [0.1, 0.15) is 0 Å². The predicted molar refractivity (Wildman–Crippen MR) is 133 cm³/mol. The smallest absolute Gasteiger partial charge is 0.353 e. The second-order valence-corrected chi connectivity index (χ2v) is 10.2. The minimum absolute atomic E-state index is 0.0245. The van der Waals surface area contributed by atoms with Gasteiger partial charge in [-0.1, -0.05) is 30.3 Å². The molecule has 2 fully saturated rings. The number of rotatable bonds is 6. The van der Waals surface area contributed by atoms with Crippen molar-refractivity contribution in [1.82, 2.24) is 16.0 Å². The molecule has 0 bridgehead atoms. The third-order valence-electron chi connectivity index (χ3n) is 7.62. The van der Waals surface area contributed by atoms with Crippen molar-refractivity contribution >= 4 is 11.8 Å². The third-order valence-corrected chi connectivity index (χ3v) is 7.62. The van der Waals surface area contributed by atoms with E-state index >= 15 is 0 Å². The number of halogens is 3. The molecular formula is C28H34F3N3O2. The lowest BCUT2D eigenvalue weighted by Crippen LogP contribution is -2.53. The van der Waals surface area contributed by atoms with Crippen LogP contribution in [0.1, 0.15) is 65.6 Å². The standard InChI is InChI=1S/C28H34F3N3O2/c1-19-15-21(17-23(16-19)28(29,30)31)25(35)33-18-20-7-9-24(10-8-20)34-26(36)27(11-13-32-14-12-27)22-5-3-2-4-6-22/h2-6,15-17,20,24,32H,7-14,18H2,1H3,(H,33,35)(H,34,36)/t20-,24-. The second kappa shape index (κ2) is 11.0. The van der Waals surface area contributed by atoms with Gasteiger partial charge in [0.2, 0.25) is 5.91 Å². The number of carbonyl (C=O) groups is 2. The number of carbonyl (C=O) groups excluding carboxylic acids is 2. The minimum Gasteiger partial charge on any atom is -0.353 e. The highest BCUT2D eigenvalue weighted by Crippen LogP contribution is 2.35. The first-order valence-electron chi connectivity index (χ1n) is 12.7. The summed E-state index contributed by atoms with van der Waals surface area (Å²) in [7, 11) is 0. The molecule has 0 aromatic heterocycles. The number of hydrogen-bond acceptors (Lipinski definition) is 3. The first kappa shape index (κ1) is 26.2. The summed E-state index contributed by atoms with van der Waals surface area (Å²) in [6.07, 6.45) is 0.352. The van der Waals surface area contributed by atoms with Gasteiger partial charge in [-0.3, -0.25) is 9.59 Å². The molecule has 0 radical (unpaired) electrons. The van der Waals surface area contributed by atoms with E-state index in [-0.39, 0.29) is 23.4 Å². The molecule has 1 saturated carbocycles. The van der Waals surface area contributed by atoms with Gasteiger partial charge in [-0.15, -0.1) is 0 Å². The predicted octanol–water partition coefficient (Wildman–Crippen LogP) is 4.74. The Morgan fingerprint density at radius 1 is 1.00 bits per heavy atom. The number of alkyl halides is 3. The molecule has 0 spiro atoms. The van der Waals surface area contributed by atoms with E-state index in [1.165, 1.54) is 6.07 Å². The lowest BCUT2D eigenvalue weighted by Gasteiger charge is -2.39. The van der Waals surface area contributed by atoms with Gasteiger partial charge in [0.05, 0.1) is 11.0 Å². The summed E-state index contributed by atoms with van der Waals surface area (Å²) in [5.74, 6) is -0.168. The summed E-state index contributed by atoms with van der Waals surface area (Å²) >= 11 is 0. The van der Waals surface area contributed by atoms with Gasteiger partial charge < -0.3 is 16.0 Å². The van der Waals surface area contributed by atoms with E-state index in [4.69, 9.17) is 0 Å². The zero-order chi connectivity index (χ0) is 25.8. The molecule has 3 N–H and O–H groups in total. The molecule has 8 heteroatoms. The van der Waals surface area contributed by atoms with Crippen molar-refractivity contribution in [2.75, 3.05) is 19.6 Å². The van der Waals surface area contributed by atoms with Crippen LogP contribution in [0.2, 0.25) is 0 Å². The molecule has 1 aliphatic carbocycles. The van der Waals surface area contributed by atoms with Crippen LogP contribution in [0.3, 0.4) is 0 Å². The average molecular weight is 502 g/mol. The van der Waals surface area contributed by atoms with Gasteiger partial charge in [-0.25, -0.2) is 0 Å². The summed E-state index contributed by atoms with van der Waals surface area (Å²) in [6, 6.07) is 13.5. The van der Waals surface area contributed by atoms with Crippen molar-refractivity contribution in [2.45, 2.75) is 63.1 Å². The van der Waals surface area contributed by atoms with E-state index in [1.54, 1.807) is 6.92 Å². The molecule has 2 aromatic carbocycles. The normalized spacial score (nSPS) is 22.0. The van der Waals surface area contributed by atoms with Gasteiger partial charge in [0.15, 0.2) is 0 Å². The van der Waals surface area contributed by atoms with Crippen LogP contribution < -0.4 is 16.0 Å². The van der Waals surface area contributed by atoms with E-state index in [0.29, 0.717) is 12.1 Å². The zero-order valence-corrected chi connectivity index (χ0v) is 20.6. The maximum atomic E-state index is 13.5. The van der Waals surface area contributed by atoms with Gasteiger partial charge in [-0.05, 0) is 93.8 Å². The number of benzene rings is 2. The highest BCUT2D eigenvalue weighted by atomic mass is 19.4. The third kappa shape index (κ3) is 6.09. The lowest BCUT2D eigenvalue weighted by atomic mass is 9.72. The molecule has 0 unspecified atom stereocenters. The van der Waals surface area contributed by atoms with Crippen LogP contribution in [0.25, 0.3) is 0 Å². The molecule has 1 saturated heterocycles. The van der Waals surface area contributed by atoms with Crippen molar-refractivity contribution in [3.05, 3.63) is 70.8 Å². The van der Waals surface area contributed by atoms with Crippen LogP contribution in [0.4, 0.5) is 13.2 Å². The van der Waals surface area contributed by atoms with E-state index < -0.39 is 23.1 Å². The van der Waals surface area contributed by atoms with Crippen LogP contribution >= 0.6 is 0 Å². The topological polar surface area (TPSA) is 70.2 Å². The molecule has 5 nitrogen and oxygen atoms in total. The maximum absolute atomic E-state index is 13.5. The monoisotopic (exact) mass is 501 g/mol. The molecule has 2 aliphatic rings. The quantitative estimate of drug-likeness (QED) is 0.536. The van der Waals surface area contributed by atoms with Crippen molar-refractivity contribution in [2.24, 2.45) is 5.92 Å². The molecule has 2 aromatic rings. The maximum Gasteiger partial charge on any atom is 0.416 e. The summed E-state index contributed by atoms with van der Waals surface area (Å²) < 4.78 is 39.3. The molecule has 1 aliphatic heterocycles. The summed E-state index contributed by atoms with van der Waals surface area (Å²) in [4.78, 5) is 26.0. The number of aryl methyl sites for hydroxylation is 1. The molecule has 4 rings (SSSR count). The van der Waals surface area contributed by atoms with Crippen molar-refractivity contribution in [1.29, 1.82) is 0 Å². The molecule has 0 atom stereocenters. The number of amides is 2. The largest absolute Gasteiger partial charge is 0.416 e. The highest BCUT2D eigenvalue weighted by molar-refractivity contribution is 5.94. The van der Waals surface area contributed by atoms with Crippen LogP contribution in [0, 0.1) is 12.8 Å². The Bertz CT molecular complexity index is 1060. The Labute approximate surface area is 210 Å². The Kier molecular flexibility index (Phi) is 8.03. The Morgan fingerprint density at radius 3 is 2.31 bits per heavy atom. The van der Waals surface area contributed by atoms with Gasteiger partial charge in [0.25, 0.3) is 5.91 Å². The Hall–Kier alpha value is -2.87. The van der Waals surface area contributed by atoms with Crippen LogP contribution in [0.15, 0.2) is 48.5 Å². The van der Waals surface area contributed by atoms with Gasteiger partial charge in [0, 0.05) is 18.2 Å². The highest BCUT2D eigenvalue weighted by Gasteiger charge is 2.42. The second-order valence-electron chi connectivity index (χ2n) is 10.2. The number of nitrogens with one attached hydrogen (secondary N) is 3. The summed E-state index contributed by atoms with van der Waals surface area (Å²) in [5, 5.41) is 9.47. The Balaban J connectivity index is 1.29. The van der Waals surface area contributed by atoms with Gasteiger partial charge >= 0.3 is 6.18 Å². The first-order chi connectivity index (χ1) is 17.2. The van der Waals surface area contributed by atoms with Crippen molar-refractivity contribution < 1.29 is 22.8 Å². The molecule has 1 heterocycles. The van der Waals surface area contributed by atoms with E-state index in [0.717, 1.165) is 69.3 Å². The van der Waals surface area contributed by atoms with E-state index in [9.17, 15) is 22.8 Å². The Morgan fingerprint density at radius 2 is 1.67 bits per heavy atom. The van der Waals surface area contributed by atoms with E-state index in [2.05, 4.69) is 16.0 Å². The SMILES string of the molecule is Cc1cc(C(=O)NC[C@H]2CC[C@H](NC(=O)C3(c4ccccc4)CCNCC3)CC2)cc(C(F)(F)F)c1. The molecule has 2 amide bonds. The molecule has 36 heavy (non-hydrogen) atoms. The number of piperidine rings is 1. The van der Waals surface area contributed by atoms with Crippen molar-refractivity contribution in [3.8, 4) is 0 Å².